The van der Waals surface area contributed by atoms with E-state index < -0.39 is 27.3 Å². The number of aliphatic hydroxyl groups excluding tert-OH is 1. The summed E-state index contributed by atoms with van der Waals surface area (Å²) in [7, 11) is -4.17. The average molecular weight is 353 g/mol. The van der Waals surface area contributed by atoms with Crippen LogP contribution < -0.4 is 9.60 Å². The monoisotopic (exact) mass is 352 g/mol. The van der Waals surface area contributed by atoms with E-state index in [0.717, 1.165) is 23.5 Å². The topological polar surface area (TPSA) is 99.3 Å². The zero-order chi connectivity index (χ0) is 15.6. The van der Waals surface area contributed by atoms with E-state index in [9.17, 15) is 17.6 Å². The van der Waals surface area contributed by atoms with E-state index in [0.29, 0.717) is 5.69 Å². The van der Waals surface area contributed by atoms with E-state index in [1.54, 1.807) is 0 Å². The number of aliphatic hydroxyl groups is 1. The van der Waals surface area contributed by atoms with E-state index in [2.05, 4.69) is 9.71 Å². The number of halogens is 2. The maximum Gasteiger partial charge on any atom is 0.304 e. The van der Waals surface area contributed by atoms with Crippen molar-refractivity contribution in [3.63, 3.8) is 0 Å². The van der Waals surface area contributed by atoms with Crippen molar-refractivity contribution < 1.29 is 17.9 Å². The number of nitrogens with one attached hydrogen (secondary N) is 2. The Morgan fingerprint density at radius 2 is 2.14 bits per heavy atom. The van der Waals surface area contributed by atoms with Gasteiger partial charge in [0.2, 0.25) is 10.0 Å². The largest absolute Gasteiger partial charge is 0.392 e. The molecule has 0 atom stereocenters. The summed E-state index contributed by atoms with van der Waals surface area (Å²) >= 11 is 6.60. The lowest BCUT2D eigenvalue weighted by atomic mass is 10.2. The van der Waals surface area contributed by atoms with Crippen LogP contribution in [-0.4, -0.2) is 18.5 Å². The smallest absolute Gasteiger partial charge is 0.304 e. The summed E-state index contributed by atoms with van der Waals surface area (Å²) in [4.78, 5) is 12.4. The standard InChI is InChI=1S/C11H10ClFN2O4S2/c12-7-1-6(4-16)10(13)9(2-7)21(18,19)14-3-8-5-20-11(17)15-8/h1-2,5,14,16H,3-4H2,(H,15,17). The lowest BCUT2D eigenvalue weighted by Gasteiger charge is -2.09. The Morgan fingerprint density at radius 1 is 1.43 bits per heavy atom. The lowest BCUT2D eigenvalue weighted by Crippen LogP contribution is -2.25. The van der Waals surface area contributed by atoms with E-state index in [1.807, 2.05) is 0 Å². The highest BCUT2D eigenvalue weighted by Gasteiger charge is 2.22. The molecule has 6 nitrogen and oxygen atoms in total. The average Bonchev–Trinajstić information content (AvgIpc) is 2.84. The van der Waals surface area contributed by atoms with Crippen molar-refractivity contribution in [2.75, 3.05) is 0 Å². The number of thiazole rings is 1. The molecular formula is C11H10ClFN2O4S2. The molecule has 0 saturated heterocycles. The Bertz CT molecular complexity index is 816. The number of sulfonamides is 1. The van der Waals surface area contributed by atoms with Crippen LogP contribution in [0.1, 0.15) is 11.3 Å². The molecule has 1 heterocycles. The second-order valence-corrected chi connectivity index (χ2v) is 7.05. The summed E-state index contributed by atoms with van der Waals surface area (Å²) in [5.41, 5.74) is 0.144. The molecule has 2 aromatic rings. The molecule has 1 aromatic heterocycles. The predicted octanol–water partition coefficient (Wildman–Crippen LogP) is 1.20. The Morgan fingerprint density at radius 3 is 2.71 bits per heavy atom. The van der Waals surface area contributed by atoms with Gasteiger partial charge in [0.15, 0.2) is 0 Å². The summed E-state index contributed by atoms with van der Waals surface area (Å²) in [5, 5.41) is 10.4. The molecule has 0 fully saturated rings. The second kappa shape index (κ2) is 6.24. The summed E-state index contributed by atoms with van der Waals surface area (Å²) in [6, 6.07) is 2.10. The molecule has 0 bridgehead atoms. The van der Waals surface area contributed by atoms with Gasteiger partial charge in [0.1, 0.15) is 10.7 Å². The van der Waals surface area contributed by atoms with Crippen molar-refractivity contribution in [1.82, 2.24) is 9.71 Å². The van der Waals surface area contributed by atoms with Gasteiger partial charge in [-0.25, -0.2) is 17.5 Å². The first-order valence-corrected chi connectivity index (χ1v) is 8.32. The second-order valence-electron chi connectivity index (χ2n) is 4.03. The number of hydrogen-bond donors (Lipinski definition) is 3. The number of aromatic amines is 1. The van der Waals surface area contributed by atoms with Gasteiger partial charge in [-0.1, -0.05) is 22.9 Å². The Labute approximate surface area is 128 Å². The quantitative estimate of drug-likeness (QED) is 0.752. The highest BCUT2D eigenvalue weighted by Crippen LogP contribution is 2.23. The molecule has 1 aromatic carbocycles. The predicted molar refractivity (Wildman–Crippen MR) is 76.3 cm³/mol. The Hall–Kier alpha value is -1.26. The van der Waals surface area contributed by atoms with Crippen LogP contribution in [0.3, 0.4) is 0 Å². The van der Waals surface area contributed by atoms with Gasteiger partial charge >= 0.3 is 4.87 Å². The van der Waals surface area contributed by atoms with Crippen LogP contribution in [0.25, 0.3) is 0 Å². The Kier molecular flexibility index (Phi) is 4.79. The zero-order valence-electron chi connectivity index (χ0n) is 10.4. The van der Waals surface area contributed by atoms with Crippen molar-refractivity contribution in [2.45, 2.75) is 18.0 Å². The number of benzene rings is 1. The molecule has 0 unspecified atom stereocenters. The molecule has 21 heavy (non-hydrogen) atoms. The molecule has 0 aliphatic rings. The highest BCUT2D eigenvalue weighted by atomic mass is 35.5. The van der Waals surface area contributed by atoms with Crippen LogP contribution in [0, 0.1) is 5.82 Å². The summed E-state index contributed by atoms with van der Waals surface area (Å²) < 4.78 is 40.3. The van der Waals surface area contributed by atoms with Crippen LogP contribution in [0.5, 0.6) is 0 Å². The highest BCUT2D eigenvalue weighted by molar-refractivity contribution is 7.89. The van der Waals surface area contributed by atoms with Gasteiger partial charge in [-0.2, -0.15) is 0 Å². The van der Waals surface area contributed by atoms with Gasteiger partial charge in [0.05, 0.1) is 13.2 Å². The Balaban J connectivity index is 2.31. The van der Waals surface area contributed by atoms with Crippen molar-refractivity contribution in [3.05, 3.63) is 49.3 Å². The number of rotatable bonds is 5. The fraction of sp³-hybridized carbons (Fsp3) is 0.182. The first-order valence-electron chi connectivity index (χ1n) is 5.58. The molecule has 0 amide bonds. The maximum absolute atomic E-state index is 14.0. The lowest BCUT2D eigenvalue weighted by molar-refractivity contribution is 0.274. The SMILES string of the molecule is O=c1[nH]c(CNS(=O)(=O)c2cc(Cl)cc(CO)c2F)cs1. The van der Waals surface area contributed by atoms with Crippen molar-refractivity contribution in [2.24, 2.45) is 0 Å². The molecule has 0 spiro atoms. The van der Waals surface area contributed by atoms with Gasteiger partial charge in [0, 0.05) is 21.7 Å². The molecule has 0 aliphatic heterocycles. The summed E-state index contributed by atoms with van der Waals surface area (Å²) in [6.45, 7) is -0.867. The van der Waals surface area contributed by atoms with Crippen molar-refractivity contribution >= 4 is 33.0 Å². The van der Waals surface area contributed by atoms with Gasteiger partial charge in [0.25, 0.3) is 0 Å². The van der Waals surface area contributed by atoms with E-state index in [-0.39, 0.29) is 22.0 Å². The zero-order valence-corrected chi connectivity index (χ0v) is 12.8. The molecule has 0 radical (unpaired) electrons. The van der Waals surface area contributed by atoms with Crippen molar-refractivity contribution in [3.8, 4) is 0 Å². The molecule has 2 rings (SSSR count). The number of H-pyrrole nitrogens is 1. The molecule has 3 N–H and O–H groups in total. The minimum absolute atomic E-state index is 0.00948. The van der Waals surface area contributed by atoms with Gasteiger partial charge in [-0.05, 0) is 12.1 Å². The fourth-order valence-electron chi connectivity index (χ4n) is 1.58. The van der Waals surface area contributed by atoms with Gasteiger partial charge in [-0.3, -0.25) is 4.79 Å². The van der Waals surface area contributed by atoms with E-state index >= 15 is 0 Å². The number of aromatic nitrogens is 1. The summed E-state index contributed by atoms with van der Waals surface area (Å²) in [6.07, 6.45) is 0. The first-order chi connectivity index (χ1) is 9.83. The summed E-state index contributed by atoms with van der Waals surface area (Å²) in [5.74, 6) is -1.06. The molecule has 0 aliphatic carbocycles. The molecule has 10 heteroatoms. The van der Waals surface area contributed by atoms with Crippen molar-refractivity contribution in [1.29, 1.82) is 0 Å². The third-order valence-corrected chi connectivity index (χ3v) is 4.90. The van der Waals surface area contributed by atoms with E-state index in [1.165, 1.54) is 5.38 Å². The van der Waals surface area contributed by atoms with Crippen LogP contribution >= 0.6 is 22.9 Å². The fourth-order valence-corrected chi connectivity index (χ4v) is 3.62. The molecular weight excluding hydrogens is 343 g/mol. The van der Waals surface area contributed by atoms with E-state index in [4.69, 9.17) is 16.7 Å². The van der Waals surface area contributed by atoms with Gasteiger partial charge < -0.3 is 10.1 Å². The maximum atomic E-state index is 14.0. The van der Waals surface area contributed by atoms with Crippen LogP contribution in [0.4, 0.5) is 4.39 Å². The third-order valence-electron chi connectivity index (χ3n) is 2.56. The van der Waals surface area contributed by atoms with Crippen LogP contribution in [-0.2, 0) is 23.2 Å². The van der Waals surface area contributed by atoms with Gasteiger partial charge in [-0.15, -0.1) is 0 Å². The van der Waals surface area contributed by atoms with Crippen LogP contribution in [0.15, 0.2) is 27.2 Å². The first kappa shape index (κ1) is 16.1. The van der Waals surface area contributed by atoms with Crippen LogP contribution in [0.2, 0.25) is 5.02 Å². The molecule has 114 valence electrons. The third kappa shape index (κ3) is 3.69. The normalized spacial score (nSPS) is 11.8. The number of hydrogen-bond acceptors (Lipinski definition) is 5. The molecule has 0 saturated carbocycles. The minimum Gasteiger partial charge on any atom is -0.392 e. The minimum atomic E-state index is -4.17.